The summed E-state index contributed by atoms with van der Waals surface area (Å²) in [6, 6.07) is 4.68. The van der Waals surface area contributed by atoms with Crippen LogP contribution in [0.4, 0.5) is 24.5 Å². The molecule has 1 saturated heterocycles. The number of carbonyl (C=O) groups is 1. The van der Waals surface area contributed by atoms with Gasteiger partial charge in [0.1, 0.15) is 5.54 Å². The SMILES string of the molecule is C#CC#CC#CC#CC#CC#CC#CC#CC#CC#CC#CC#CC#CC#CC#CC#CC#CC#CC#CC#CC#CC#CC#CC#CC#CC#CC#CC#CC#CC#CC#CC#CC#CC#CC#CC#CC#CC#CC#CC#CC#CC#N.[C-]#[N+]c1ccc(N2C(=O)C(C)(C)N(CCCN=[N+]=[N-])C2=S)cc1C(F)(F)F. The quantitative estimate of drug-likeness (QED) is 0.0794. The lowest BCUT2D eigenvalue weighted by atomic mass is 10.0. The Kier molecular flexibility index (Phi) is 51.0. The Balaban J connectivity index is 0.00000189. The van der Waals surface area contributed by atoms with E-state index in [2.05, 4.69) is 494 Å². The minimum absolute atomic E-state index is 0.0460. The standard InChI is InChI=1S/C83HN.C16H15F3N6OS/c1-2-3-4-5-6-7-8-9-10-11-12-13-14-15-16-17-18-19-20-21-22-23-24-25-26-27-28-29-30-31-32-33-34-35-36-37-38-39-40-41-42-43-44-45-46-47-48-49-50-51-52-53-54-55-56-57-58-59-60-61-62-63-64-65-66-67-68-69-70-71-72-73-74-75-76-77-78-79-80-81-82-83-84;1-15(2)13(26)25(14(27)24(15)8-4-7-22-23-20)10-5-6-12(21-3)11(9-10)16(17,18)19/h1H;5-6,9H,4,7-8H2,1-2H3. The molecule has 1 fully saturated rings. The van der Waals surface area contributed by atoms with Crippen molar-refractivity contribution in [1.29, 1.82) is 5.26 Å². The van der Waals surface area contributed by atoms with Crippen molar-refractivity contribution >= 4 is 34.6 Å². The summed E-state index contributed by atoms with van der Waals surface area (Å²) >= 11 is 5.33. The summed E-state index contributed by atoms with van der Waals surface area (Å²) in [5.74, 6) is 200. The van der Waals surface area contributed by atoms with Gasteiger partial charge >= 0.3 is 6.18 Å². The Morgan fingerprint density at radius 3 is 0.793 bits per heavy atom. The molecule has 0 atom stereocenters. The number of azide groups is 1. The predicted molar refractivity (Wildman–Crippen MR) is 423 cm³/mol. The third-order valence-electron chi connectivity index (χ3n) is 9.26. The number of rotatable bonds is 5. The molecule has 480 valence electrons. The largest absolute Gasteiger partial charge is 0.407 e. The number of thiocarbonyl (C=S) groups is 1. The summed E-state index contributed by atoms with van der Waals surface area (Å²) < 4.78 is 39.7. The Hall–Kier alpha value is -21.4. The molecule has 0 aromatic heterocycles. The summed E-state index contributed by atoms with van der Waals surface area (Å²) in [6.07, 6.45) is 0.648. The fourth-order valence-corrected chi connectivity index (χ4v) is 5.78. The molecule has 0 N–H and O–H groups in total. The van der Waals surface area contributed by atoms with Crippen molar-refractivity contribution in [2.45, 2.75) is 32.0 Å². The van der Waals surface area contributed by atoms with Crippen LogP contribution in [0, 0.1) is 504 Å². The molecule has 0 aliphatic carbocycles. The molecule has 0 radical (unpaired) electrons. The van der Waals surface area contributed by atoms with Gasteiger partial charge in [0.15, 0.2) is 16.9 Å². The van der Waals surface area contributed by atoms with Gasteiger partial charge in [-0.25, -0.2) is 4.85 Å². The summed E-state index contributed by atoms with van der Waals surface area (Å²) in [7, 11) is 0. The molecule has 1 aromatic rings. The van der Waals surface area contributed by atoms with E-state index >= 15 is 0 Å². The van der Waals surface area contributed by atoms with Crippen LogP contribution in [0.1, 0.15) is 25.8 Å². The van der Waals surface area contributed by atoms with E-state index in [0.717, 1.165) is 17.0 Å². The maximum Gasteiger partial charge on any atom is 0.407 e. The fourth-order valence-electron chi connectivity index (χ4n) is 5.27. The van der Waals surface area contributed by atoms with Crippen molar-refractivity contribution < 1.29 is 18.0 Å². The van der Waals surface area contributed by atoms with Gasteiger partial charge in [-0.15, -0.1) is 6.42 Å². The van der Waals surface area contributed by atoms with E-state index in [-0.39, 0.29) is 17.3 Å². The molecule has 0 bridgehead atoms. The lowest BCUT2D eigenvalue weighted by Crippen LogP contribution is -2.44. The van der Waals surface area contributed by atoms with E-state index in [9.17, 15) is 18.0 Å². The van der Waals surface area contributed by atoms with Crippen molar-refractivity contribution in [3.8, 4) is 492 Å². The molecule has 1 aliphatic heterocycles. The van der Waals surface area contributed by atoms with Crippen LogP contribution >= 0.6 is 12.2 Å². The Morgan fingerprint density at radius 1 is 0.405 bits per heavy atom. The van der Waals surface area contributed by atoms with Crippen molar-refractivity contribution in [1.82, 2.24) is 4.90 Å². The lowest BCUT2D eigenvalue weighted by molar-refractivity contribution is -0.136. The van der Waals surface area contributed by atoms with Crippen LogP contribution in [0.5, 0.6) is 0 Å². The highest BCUT2D eigenvalue weighted by Crippen LogP contribution is 2.41. The molecular weight excluding hydrogens is 1390 g/mol. The summed E-state index contributed by atoms with van der Waals surface area (Å²) in [4.78, 5) is 21.0. The Bertz CT molecular complexity index is 6860. The van der Waals surface area contributed by atoms with Gasteiger partial charge in [-0.05, 0) is 97.5 Å². The number of hydrogen-bond donors (Lipinski definition) is 0. The Morgan fingerprint density at radius 2 is 0.613 bits per heavy atom. The minimum atomic E-state index is -4.73. The number of nitriles is 1. The third-order valence-corrected chi connectivity index (χ3v) is 9.66. The normalized spacial score (nSPS) is 6.94. The van der Waals surface area contributed by atoms with Crippen molar-refractivity contribution in [3.05, 3.63) is 45.6 Å². The van der Waals surface area contributed by atoms with Crippen LogP contribution in [0.3, 0.4) is 0 Å². The number of alkyl halides is 3. The first kappa shape index (κ1) is 87.6. The molecule has 1 amide bonds. The van der Waals surface area contributed by atoms with E-state index in [1.54, 1.807) is 24.8 Å². The van der Waals surface area contributed by atoms with Gasteiger partial charge < -0.3 is 4.90 Å². The average Bonchev–Trinajstić information content (AvgIpc) is 1.60. The van der Waals surface area contributed by atoms with E-state index in [1.165, 1.54) is 6.07 Å². The zero-order chi connectivity index (χ0) is 80.4. The number of benzene rings is 1. The number of halogens is 3. The first-order valence-corrected chi connectivity index (χ1v) is 29.0. The van der Waals surface area contributed by atoms with Crippen LogP contribution in [-0.4, -0.2) is 34.5 Å². The number of amides is 1. The highest BCUT2D eigenvalue weighted by Gasteiger charge is 2.49. The summed E-state index contributed by atoms with van der Waals surface area (Å²) in [6.45, 7) is 10.7. The fraction of sp³-hybridized carbons (Fsp3) is 0.0707. The molecule has 0 saturated carbocycles. The first-order valence-electron chi connectivity index (χ1n) is 28.6. The maximum atomic E-state index is 13.2. The summed E-state index contributed by atoms with van der Waals surface area (Å²) in [5, 5.41) is 11.7. The molecule has 2 rings (SSSR count). The van der Waals surface area contributed by atoms with Crippen LogP contribution in [0.25, 0.3) is 15.3 Å². The van der Waals surface area contributed by atoms with Crippen molar-refractivity contribution in [2.75, 3.05) is 18.0 Å². The molecule has 1 heterocycles. The lowest BCUT2D eigenvalue weighted by Gasteiger charge is -2.29. The van der Waals surface area contributed by atoms with Gasteiger partial charge in [0, 0.05) is 456 Å². The molecule has 111 heavy (non-hydrogen) atoms. The van der Waals surface area contributed by atoms with Gasteiger partial charge in [0.25, 0.3) is 5.91 Å². The smallest absolute Gasteiger partial charge is 0.334 e. The van der Waals surface area contributed by atoms with Gasteiger partial charge in [-0.1, -0.05) is 11.2 Å². The van der Waals surface area contributed by atoms with Crippen molar-refractivity contribution in [2.24, 2.45) is 5.11 Å². The minimum Gasteiger partial charge on any atom is -0.334 e. The first-order chi connectivity index (χ1) is 54.5. The predicted octanol–water partition coefficient (Wildman–Crippen LogP) is 4.95. The second kappa shape index (κ2) is 64.6. The molecule has 8 nitrogen and oxygen atoms in total. The van der Waals surface area contributed by atoms with Gasteiger partial charge in [0.05, 0.1) is 12.1 Å². The highest BCUT2D eigenvalue weighted by molar-refractivity contribution is 7.80. The van der Waals surface area contributed by atoms with Crippen LogP contribution in [0.15, 0.2) is 23.3 Å². The Labute approximate surface area is 651 Å². The monoisotopic (exact) mass is 1410 g/mol. The van der Waals surface area contributed by atoms with E-state index in [4.69, 9.17) is 36.0 Å². The number of hydrogen-bond acceptors (Lipinski definition) is 4. The number of terminal acetylenes is 1. The zero-order valence-electron chi connectivity index (χ0n) is 56.5. The second-order valence-corrected chi connectivity index (χ2v) is 16.9. The van der Waals surface area contributed by atoms with Gasteiger partial charge in [-0.3, -0.25) is 9.69 Å². The average molecular weight is 1410 g/mol. The van der Waals surface area contributed by atoms with Crippen molar-refractivity contribution in [3.63, 3.8) is 0 Å². The molecule has 0 unspecified atom stereocenters. The number of nitrogens with zero attached hydrogens (tertiary/aromatic N) is 7. The molecule has 12 heteroatoms. The van der Waals surface area contributed by atoms with Gasteiger partial charge in [-0.2, -0.15) is 18.4 Å². The van der Waals surface area contributed by atoms with E-state index in [0.29, 0.717) is 13.0 Å². The second-order valence-electron chi connectivity index (χ2n) is 16.5. The van der Waals surface area contributed by atoms with Crippen LogP contribution < -0.4 is 4.90 Å². The molecule has 1 aromatic carbocycles. The molecular formula is C99H16F3N7OS. The number of carbonyl (C=O) groups excluding carboxylic acids is 1. The highest BCUT2D eigenvalue weighted by atomic mass is 32.1. The van der Waals surface area contributed by atoms with Crippen LogP contribution in [-0.2, 0) is 11.0 Å². The molecule has 0 spiro atoms. The van der Waals surface area contributed by atoms with Gasteiger partial charge in [0.2, 0.25) is 0 Å². The van der Waals surface area contributed by atoms with Crippen LogP contribution in [0.2, 0.25) is 0 Å². The van der Waals surface area contributed by atoms with E-state index in [1.807, 2.05) is 0 Å². The third kappa shape index (κ3) is 50.6. The maximum absolute atomic E-state index is 13.2. The summed E-state index contributed by atoms with van der Waals surface area (Å²) in [5.41, 5.74) is 5.55. The van der Waals surface area contributed by atoms with E-state index < -0.39 is 28.9 Å². The zero-order valence-corrected chi connectivity index (χ0v) is 57.3. The topological polar surface area (TPSA) is 100 Å². The number of anilines is 1. The molecule has 1 aliphatic rings.